The van der Waals surface area contributed by atoms with Crippen molar-refractivity contribution in [3.05, 3.63) is 54.2 Å². The topological polar surface area (TPSA) is 84.5 Å². The molecule has 1 saturated heterocycles. The molecule has 0 unspecified atom stereocenters. The van der Waals surface area contributed by atoms with Gasteiger partial charge < -0.3 is 14.3 Å². The number of likely N-dealkylation sites (tertiary alicyclic amines) is 1. The summed E-state index contributed by atoms with van der Waals surface area (Å²) in [5.41, 5.74) is 1.71. The first-order valence-electron chi connectivity index (χ1n) is 8.55. The summed E-state index contributed by atoms with van der Waals surface area (Å²) in [4.78, 5) is 6.36. The zero-order chi connectivity index (χ0) is 17.9. The Labute approximate surface area is 151 Å². The number of methoxy groups -OCH3 is 1. The second-order valence-corrected chi connectivity index (χ2v) is 6.40. The number of ether oxygens (including phenoxy) is 1. The summed E-state index contributed by atoms with van der Waals surface area (Å²) in [6.07, 6.45) is 4.38. The Morgan fingerprint density at radius 2 is 2.23 bits per heavy atom. The Kier molecular flexibility index (Phi) is 4.53. The zero-order valence-electron chi connectivity index (χ0n) is 14.5. The normalized spacial score (nSPS) is 17.5. The maximum Gasteiger partial charge on any atom is 0.249 e. The van der Waals surface area contributed by atoms with Gasteiger partial charge in [-0.25, -0.2) is 0 Å². The molecule has 0 amide bonds. The number of benzene rings is 1. The molecule has 4 rings (SSSR count). The molecule has 3 heterocycles. The number of hydrogen-bond donors (Lipinski definition) is 1. The minimum absolute atomic E-state index is 0.202. The number of aromatic nitrogens is 3. The molecule has 1 aliphatic rings. The molecule has 0 radical (unpaired) electrons. The third-order valence-corrected chi connectivity index (χ3v) is 4.66. The SMILES string of the molecule is COc1ccc(CN2CC[C@H](c3nnc(-c4cccnc4)o3)C2)c(O)c1. The average Bonchev–Trinajstić information content (AvgIpc) is 3.33. The van der Waals surface area contributed by atoms with Crippen molar-refractivity contribution in [2.24, 2.45) is 0 Å². The van der Waals surface area contributed by atoms with E-state index in [0.29, 0.717) is 24.1 Å². The van der Waals surface area contributed by atoms with Crippen LogP contribution in [-0.2, 0) is 6.54 Å². The summed E-state index contributed by atoms with van der Waals surface area (Å²) >= 11 is 0. The lowest BCUT2D eigenvalue weighted by Crippen LogP contribution is -2.19. The first-order chi connectivity index (χ1) is 12.7. The van der Waals surface area contributed by atoms with Gasteiger partial charge >= 0.3 is 0 Å². The lowest BCUT2D eigenvalue weighted by molar-refractivity contribution is 0.313. The molecule has 1 fully saturated rings. The van der Waals surface area contributed by atoms with Crippen LogP contribution in [0.3, 0.4) is 0 Å². The Hall–Kier alpha value is -2.93. The zero-order valence-corrected chi connectivity index (χ0v) is 14.5. The minimum atomic E-state index is 0.202. The van der Waals surface area contributed by atoms with Crippen molar-refractivity contribution in [2.45, 2.75) is 18.9 Å². The predicted molar refractivity (Wildman–Crippen MR) is 94.8 cm³/mol. The van der Waals surface area contributed by atoms with Crippen LogP contribution in [0.2, 0.25) is 0 Å². The van der Waals surface area contributed by atoms with Gasteiger partial charge in [0.25, 0.3) is 0 Å². The van der Waals surface area contributed by atoms with E-state index < -0.39 is 0 Å². The lowest BCUT2D eigenvalue weighted by atomic mass is 10.1. The van der Waals surface area contributed by atoms with Crippen molar-refractivity contribution >= 4 is 0 Å². The summed E-state index contributed by atoms with van der Waals surface area (Å²) in [5, 5.41) is 18.5. The molecule has 2 aromatic heterocycles. The maximum atomic E-state index is 10.1. The van der Waals surface area contributed by atoms with Crippen LogP contribution in [0.1, 0.15) is 23.8 Å². The molecule has 0 bridgehead atoms. The molecule has 1 atom stereocenters. The third kappa shape index (κ3) is 3.39. The maximum absolute atomic E-state index is 10.1. The lowest BCUT2D eigenvalue weighted by Gasteiger charge is -2.16. The van der Waals surface area contributed by atoms with Crippen LogP contribution in [0.5, 0.6) is 11.5 Å². The largest absolute Gasteiger partial charge is 0.507 e. The second kappa shape index (κ2) is 7.13. The molecule has 0 spiro atoms. The highest BCUT2D eigenvalue weighted by atomic mass is 16.5. The van der Waals surface area contributed by atoms with Gasteiger partial charge in [0.1, 0.15) is 11.5 Å². The van der Waals surface area contributed by atoms with Crippen LogP contribution >= 0.6 is 0 Å². The number of hydrogen-bond acceptors (Lipinski definition) is 7. The summed E-state index contributed by atoms with van der Waals surface area (Å²) in [6.45, 7) is 2.41. The van der Waals surface area contributed by atoms with Crippen molar-refractivity contribution < 1.29 is 14.3 Å². The fraction of sp³-hybridized carbons (Fsp3) is 0.316. The van der Waals surface area contributed by atoms with E-state index in [1.54, 1.807) is 25.6 Å². The molecule has 1 aliphatic heterocycles. The number of phenolic OH excluding ortho intramolecular Hbond substituents is 1. The van der Waals surface area contributed by atoms with E-state index in [2.05, 4.69) is 20.1 Å². The van der Waals surface area contributed by atoms with Crippen molar-refractivity contribution in [2.75, 3.05) is 20.2 Å². The molecular weight excluding hydrogens is 332 g/mol. The summed E-state index contributed by atoms with van der Waals surface area (Å²) in [7, 11) is 1.59. The van der Waals surface area contributed by atoms with Gasteiger partial charge in [0.15, 0.2) is 0 Å². The van der Waals surface area contributed by atoms with Crippen LogP contribution < -0.4 is 4.74 Å². The molecular formula is C19H20N4O3. The third-order valence-electron chi connectivity index (χ3n) is 4.66. The van der Waals surface area contributed by atoms with E-state index in [-0.39, 0.29) is 11.7 Å². The van der Waals surface area contributed by atoms with Gasteiger partial charge in [-0.2, -0.15) is 0 Å². The second-order valence-electron chi connectivity index (χ2n) is 6.40. The summed E-state index contributed by atoms with van der Waals surface area (Å²) in [5.74, 6) is 2.27. The van der Waals surface area contributed by atoms with E-state index >= 15 is 0 Å². The van der Waals surface area contributed by atoms with Gasteiger partial charge in [-0.15, -0.1) is 10.2 Å². The number of rotatable bonds is 5. The fourth-order valence-corrected chi connectivity index (χ4v) is 3.23. The number of phenols is 1. The minimum Gasteiger partial charge on any atom is -0.507 e. The van der Waals surface area contributed by atoms with Crippen LogP contribution in [-0.4, -0.2) is 45.4 Å². The van der Waals surface area contributed by atoms with Gasteiger partial charge in [0.2, 0.25) is 11.8 Å². The van der Waals surface area contributed by atoms with Gasteiger partial charge in [-0.05, 0) is 31.2 Å². The number of aromatic hydroxyl groups is 1. The van der Waals surface area contributed by atoms with Crippen molar-refractivity contribution in [1.29, 1.82) is 0 Å². The van der Waals surface area contributed by atoms with Gasteiger partial charge in [0, 0.05) is 37.1 Å². The van der Waals surface area contributed by atoms with E-state index in [1.807, 2.05) is 24.3 Å². The quantitative estimate of drug-likeness (QED) is 0.756. The molecule has 26 heavy (non-hydrogen) atoms. The van der Waals surface area contributed by atoms with Gasteiger partial charge in [-0.1, -0.05) is 6.07 Å². The molecule has 0 saturated carbocycles. The van der Waals surface area contributed by atoms with Crippen molar-refractivity contribution in [1.82, 2.24) is 20.1 Å². The molecule has 3 aromatic rings. The highest BCUT2D eigenvalue weighted by Crippen LogP contribution is 2.31. The highest BCUT2D eigenvalue weighted by molar-refractivity contribution is 5.50. The van der Waals surface area contributed by atoms with Crippen molar-refractivity contribution in [3.8, 4) is 23.0 Å². The Bertz CT molecular complexity index is 882. The predicted octanol–water partition coefficient (Wildman–Crippen LogP) is 2.84. The van der Waals surface area contributed by atoms with E-state index in [4.69, 9.17) is 9.15 Å². The molecule has 1 aromatic carbocycles. The van der Waals surface area contributed by atoms with Crippen LogP contribution in [0.25, 0.3) is 11.5 Å². The van der Waals surface area contributed by atoms with E-state index in [9.17, 15) is 5.11 Å². The van der Waals surface area contributed by atoms with E-state index in [1.165, 1.54) is 0 Å². The smallest absolute Gasteiger partial charge is 0.249 e. The Balaban J connectivity index is 1.42. The number of pyridine rings is 1. The first kappa shape index (κ1) is 16.5. The average molecular weight is 352 g/mol. The van der Waals surface area contributed by atoms with Crippen LogP contribution in [0, 0.1) is 0 Å². The molecule has 0 aliphatic carbocycles. The highest BCUT2D eigenvalue weighted by Gasteiger charge is 2.28. The standard InChI is InChI=1S/C19H20N4O3/c1-25-16-5-4-14(17(24)9-16)11-23-8-6-15(12-23)19-22-21-18(26-19)13-3-2-7-20-10-13/h2-5,7,9-10,15,24H,6,8,11-12H2,1H3/t15-/m0/s1. The molecule has 1 N–H and O–H groups in total. The monoisotopic (exact) mass is 352 g/mol. The molecule has 7 heteroatoms. The van der Waals surface area contributed by atoms with Crippen molar-refractivity contribution in [3.63, 3.8) is 0 Å². The van der Waals surface area contributed by atoms with E-state index in [0.717, 1.165) is 30.6 Å². The first-order valence-corrected chi connectivity index (χ1v) is 8.55. The Morgan fingerprint density at radius 3 is 3.00 bits per heavy atom. The molecule has 7 nitrogen and oxygen atoms in total. The van der Waals surface area contributed by atoms with Crippen LogP contribution in [0.15, 0.2) is 47.1 Å². The van der Waals surface area contributed by atoms with Gasteiger partial charge in [0.05, 0.1) is 18.6 Å². The number of nitrogens with zero attached hydrogens (tertiary/aromatic N) is 4. The summed E-state index contributed by atoms with van der Waals surface area (Å²) < 4.78 is 11.0. The molecule has 134 valence electrons. The Morgan fingerprint density at radius 1 is 1.31 bits per heavy atom. The summed E-state index contributed by atoms with van der Waals surface area (Å²) in [6, 6.07) is 9.14. The van der Waals surface area contributed by atoms with Gasteiger partial charge in [-0.3, -0.25) is 9.88 Å². The van der Waals surface area contributed by atoms with Crippen LogP contribution in [0.4, 0.5) is 0 Å². The fourth-order valence-electron chi connectivity index (χ4n) is 3.23.